The van der Waals surface area contributed by atoms with E-state index >= 15 is 0 Å². The summed E-state index contributed by atoms with van der Waals surface area (Å²) in [6.07, 6.45) is -8.45. The zero-order chi connectivity index (χ0) is 41.3. The molecule has 2 aliphatic rings. The van der Waals surface area contributed by atoms with Crippen LogP contribution < -0.4 is 69.6 Å². The summed E-state index contributed by atoms with van der Waals surface area (Å²) >= 11 is 3.99. The van der Waals surface area contributed by atoms with E-state index in [0.29, 0.717) is 37.3 Å². The Kier molecular flexibility index (Phi) is 31.4. The van der Waals surface area contributed by atoms with E-state index in [-0.39, 0.29) is 99.4 Å². The second-order valence-corrected chi connectivity index (χ2v) is 14.3. The molecule has 0 aromatic carbocycles. The van der Waals surface area contributed by atoms with Crippen LogP contribution in [-0.4, -0.2) is 150 Å². The molecule has 0 aromatic rings. The molecule has 3 N–H and O–H groups in total. The van der Waals surface area contributed by atoms with Gasteiger partial charge in [0.1, 0.15) is 66.0 Å². The van der Waals surface area contributed by atoms with Crippen molar-refractivity contribution in [3.05, 3.63) is 0 Å². The molecule has 12 atom stereocenters. The number of rotatable bonds is 28. The van der Waals surface area contributed by atoms with E-state index in [1.54, 1.807) is 0 Å². The van der Waals surface area contributed by atoms with Gasteiger partial charge in [-0.3, -0.25) is 10.1 Å². The molecule has 0 aromatic heterocycles. The SMILES string of the molecule is CCC(C)COC1OC(CSOO[O-])C(O)C(O)C1O.[2H]B([3H])CSOC1C(CSOO[O-])OC(OCC(C)CC)C(OSCB([2H])[3H])C1OSCB([2H])[3H].[Na+].[Na+]. The van der Waals surface area contributed by atoms with E-state index in [1.165, 1.54) is 0 Å². The summed E-state index contributed by atoms with van der Waals surface area (Å²) in [5.41, 5.74) is 0.153. The van der Waals surface area contributed by atoms with Crippen LogP contribution >= 0.6 is 60.2 Å². The van der Waals surface area contributed by atoms with Crippen molar-refractivity contribution in [2.75, 3.05) is 41.7 Å². The first-order chi connectivity index (χ1) is 26.2. The van der Waals surface area contributed by atoms with Crippen molar-refractivity contribution in [2.45, 2.75) is 102 Å². The Morgan fingerprint density at radius 3 is 1.63 bits per heavy atom. The predicted octanol–water partition coefficient (Wildman–Crippen LogP) is -7.75. The smallest absolute Gasteiger partial charge is 0.691 e. The molecule has 0 bridgehead atoms. The summed E-state index contributed by atoms with van der Waals surface area (Å²) in [6.45, 7) is 8.73. The van der Waals surface area contributed by atoms with Gasteiger partial charge in [-0.25, -0.2) is 0 Å². The molecule has 2 fully saturated rings. The monoisotopic (exact) mass is 855 g/mol. The van der Waals surface area contributed by atoms with Crippen LogP contribution in [0.3, 0.4) is 0 Å². The van der Waals surface area contributed by atoms with Crippen molar-refractivity contribution in [1.29, 1.82) is 8.01 Å². The minimum Gasteiger partial charge on any atom is -0.691 e. The number of aliphatic hydroxyl groups is 3. The molecule has 288 valence electrons. The summed E-state index contributed by atoms with van der Waals surface area (Å²) < 4.78 is 93.6. The topological polar surface area (TPSA) is 208 Å². The summed E-state index contributed by atoms with van der Waals surface area (Å²) in [7, 11) is -3.38. The van der Waals surface area contributed by atoms with Crippen LogP contribution in [0.2, 0.25) is 0 Å². The summed E-state index contributed by atoms with van der Waals surface area (Å²) in [4.78, 5) is 0. The molecule has 2 saturated heterocycles. The zero-order valence-corrected chi connectivity index (χ0v) is 37.8. The normalized spacial score (nSPS) is 31.7. The van der Waals surface area contributed by atoms with Crippen LogP contribution in [0.5, 0.6) is 0 Å². The van der Waals surface area contributed by atoms with Gasteiger partial charge in [-0.15, -0.1) is 0 Å². The van der Waals surface area contributed by atoms with Crippen molar-refractivity contribution in [3.63, 3.8) is 0 Å². The van der Waals surface area contributed by atoms with Crippen LogP contribution in [0.1, 0.15) is 40.5 Å². The minimum absolute atomic E-state index is 0. The van der Waals surface area contributed by atoms with Crippen molar-refractivity contribution in [2.24, 2.45) is 11.8 Å². The van der Waals surface area contributed by atoms with Gasteiger partial charge < -0.3 is 57.3 Å². The van der Waals surface area contributed by atoms with Gasteiger partial charge >= 0.3 is 59.1 Å². The van der Waals surface area contributed by atoms with Gasteiger partial charge in [0.2, 0.25) is 0 Å². The number of aliphatic hydroxyl groups excluding tert-OH is 3. The number of hydrogen-bond donors (Lipinski definition) is 3. The Labute approximate surface area is 379 Å². The van der Waals surface area contributed by atoms with Gasteiger partial charge in [-0.05, 0) is 72.9 Å². The van der Waals surface area contributed by atoms with Gasteiger partial charge in [-0.1, -0.05) is 40.5 Å². The number of hydrogen-bond acceptors (Lipinski definition) is 21. The Bertz CT molecular complexity index is 971. The molecule has 2 rings (SSSR count). The predicted molar refractivity (Wildman–Crippen MR) is 193 cm³/mol. The maximum atomic E-state index is 10.3. The summed E-state index contributed by atoms with van der Waals surface area (Å²) in [5.74, 6) is 0.614. The van der Waals surface area contributed by atoms with Gasteiger partial charge in [-0.2, -0.15) is 8.67 Å². The molecular weight excluding hydrogens is 795 g/mol. The first-order valence-corrected chi connectivity index (χ1v) is 19.9. The fourth-order valence-electron chi connectivity index (χ4n) is 4.00. The number of ether oxygens (including phenoxy) is 4. The Morgan fingerprint density at radius 1 is 0.686 bits per heavy atom. The molecule has 16 nitrogen and oxygen atoms in total. The van der Waals surface area contributed by atoms with Crippen LogP contribution in [-0.2, 0) is 50.2 Å². The third-order valence-corrected chi connectivity index (χ3v) is 9.82. The Morgan fingerprint density at radius 2 is 1.14 bits per heavy atom. The molecule has 0 spiro atoms. The first kappa shape index (κ1) is 45.4. The van der Waals surface area contributed by atoms with E-state index in [4.69, 9.17) is 39.5 Å². The summed E-state index contributed by atoms with van der Waals surface area (Å²) in [6, 6.07) is 0. The van der Waals surface area contributed by atoms with Crippen LogP contribution in [0.15, 0.2) is 0 Å². The first-order valence-electron chi connectivity index (χ1n) is 18.8. The molecule has 0 aliphatic carbocycles. The van der Waals surface area contributed by atoms with Gasteiger partial charge in [0.15, 0.2) is 18.7 Å². The second-order valence-electron chi connectivity index (χ2n) is 10.6. The third kappa shape index (κ3) is 22.3. The fraction of sp³-hybridized carbons (Fsp3) is 1.00. The van der Waals surface area contributed by atoms with Crippen molar-refractivity contribution in [1.82, 2.24) is 0 Å². The largest absolute Gasteiger partial charge is 1.00 e. The van der Waals surface area contributed by atoms with Crippen molar-refractivity contribution in [3.8, 4) is 0 Å². The molecule has 2 heterocycles. The maximum Gasteiger partial charge on any atom is 1.00 e. The van der Waals surface area contributed by atoms with E-state index in [0.717, 1.165) is 49.0 Å². The van der Waals surface area contributed by atoms with Crippen LogP contribution in [0, 0.1) is 11.8 Å². The standard InChI is InChI=1S/C14H31B3O8S4.C11H22O8S.2Na/c1-3-9(2)4-19-14-13(23-29-8-17)12(22-28-7-16)11(21-27-6-15)10(20-14)5-26-25-24-18;1-3-6(2)4-16-11-10(14)9(13)8(12)7(17-11)5-20-19-18-15;;/h9-14,18H,3-8,15-17H2,1-2H3;6-15H,3-5H2,1-2H3;;/q;;2*+1/p-2/i15TD,16TD,17TD;;;. The zero-order valence-electron chi connectivity index (χ0n) is 35.7. The van der Waals surface area contributed by atoms with Crippen LogP contribution in [0.25, 0.3) is 0 Å². The summed E-state index contributed by atoms with van der Waals surface area (Å²) in [5, 5.41) is 55.9. The Balaban J connectivity index is 0. The molecule has 2 aliphatic heterocycles. The van der Waals surface area contributed by atoms with Crippen molar-refractivity contribution < 1.29 is 135 Å². The van der Waals surface area contributed by atoms with E-state index in [9.17, 15) is 25.8 Å². The Hall–Kier alpha value is 3.30. The van der Waals surface area contributed by atoms with Gasteiger partial charge in [0.05, 0.1) is 24.7 Å². The molecule has 0 saturated carbocycles. The molecular formula is C25H51B3Na2O16S5. The van der Waals surface area contributed by atoms with Crippen molar-refractivity contribution >= 4 is 83.5 Å². The van der Waals surface area contributed by atoms with E-state index in [1.807, 2.05) is 27.7 Å². The molecule has 0 radical (unpaired) electrons. The van der Waals surface area contributed by atoms with Gasteiger partial charge in [0, 0.05) is 24.1 Å². The molecule has 0 amide bonds. The van der Waals surface area contributed by atoms with E-state index in [2.05, 4.69) is 18.7 Å². The third-order valence-electron chi connectivity index (χ3n) is 7.10. The van der Waals surface area contributed by atoms with Crippen LogP contribution in [0.4, 0.5) is 0 Å². The average Bonchev–Trinajstić information content (AvgIpc) is 3.14. The average molecular weight is 855 g/mol. The molecule has 51 heavy (non-hydrogen) atoms. The molecule has 12 unspecified atom stereocenters. The second kappa shape index (κ2) is 35.3. The maximum absolute atomic E-state index is 10.3. The minimum atomic E-state index is -1.40. The van der Waals surface area contributed by atoms with Gasteiger partial charge in [0.25, 0.3) is 0 Å². The molecule has 26 heteroatoms. The quantitative estimate of drug-likeness (QED) is 0.0220. The fourth-order valence-corrected chi connectivity index (χ4v) is 6.37. The van der Waals surface area contributed by atoms with E-state index < -0.39 is 84.7 Å².